The van der Waals surface area contributed by atoms with Crippen molar-refractivity contribution < 1.29 is 14.6 Å². The monoisotopic (exact) mass is 365 g/mol. The van der Waals surface area contributed by atoms with Crippen LogP contribution in [0.2, 0.25) is 0 Å². The summed E-state index contributed by atoms with van der Waals surface area (Å²) in [5.74, 6) is 1.57. The average Bonchev–Trinajstić information content (AvgIpc) is 3.33. The Morgan fingerprint density at radius 1 is 1.07 bits per heavy atom. The standard InChI is InChI=1S/C21H23N3O3/c1-16(25)12-23(14-18-5-8-20-21(11-18)27-15-26-20)13-17-3-6-19(7-4-17)24-10-2-9-22-24/h2-11,16,25H,12-15H2,1H3. The number of hydrogen-bond acceptors (Lipinski definition) is 5. The number of hydrogen-bond donors (Lipinski definition) is 1. The zero-order valence-electron chi connectivity index (χ0n) is 15.3. The molecule has 1 atom stereocenters. The van der Waals surface area contributed by atoms with E-state index in [1.165, 1.54) is 5.56 Å². The number of nitrogens with zero attached hydrogens (tertiary/aromatic N) is 3. The largest absolute Gasteiger partial charge is 0.454 e. The van der Waals surface area contributed by atoms with Crippen molar-refractivity contribution in [1.29, 1.82) is 0 Å². The Hall–Kier alpha value is -2.83. The number of aromatic nitrogens is 2. The van der Waals surface area contributed by atoms with Crippen molar-refractivity contribution in [3.05, 3.63) is 72.1 Å². The van der Waals surface area contributed by atoms with Crippen LogP contribution in [-0.2, 0) is 13.1 Å². The molecule has 0 aliphatic carbocycles. The summed E-state index contributed by atoms with van der Waals surface area (Å²) in [4.78, 5) is 2.23. The van der Waals surface area contributed by atoms with Crippen molar-refractivity contribution in [2.45, 2.75) is 26.1 Å². The number of aliphatic hydroxyl groups excluding tert-OH is 1. The lowest BCUT2D eigenvalue weighted by Gasteiger charge is -2.24. The van der Waals surface area contributed by atoms with Crippen molar-refractivity contribution in [1.82, 2.24) is 14.7 Å². The van der Waals surface area contributed by atoms with E-state index in [2.05, 4.69) is 34.3 Å². The molecule has 0 spiro atoms. The van der Waals surface area contributed by atoms with Gasteiger partial charge < -0.3 is 14.6 Å². The maximum atomic E-state index is 9.90. The van der Waals surface area contributed by atoms with Gasteiger partial charge in [0, 0.05) is 32.0 Å². The molecule has 0 fully saturated rings. The van der Waals surface area contributed by atoms with E-state index in [-0.39, 0.29) is 6.79 Å². The fourth-order valence-electron chi connectivity index (χ4n) is 3.29. The number of fused-ring (bicyclic) bond motifs is 1. The molecule has 4 rings (SSSR count). The predicted molar refractivity (Wildman–Crippen MR) is 102 cm³/mol. The highest BCUT2D eigenvalue weighted by atomic mass is 16.7. The summed E-state index contributed by atoms with van der Waals surface area (Å²) in [6.07, 6.45) is 3.29. The molecule has 1 aliphatic heterocycles. The molecule has 0 amide bonds. The van der Waals surface area contributed by atoms with Gasteiger partial charge in [-0.25, -0.2) is 4.68 Å². The molecular formula is C21H23N3O3. The molecule has 27 heavy (non-hydrogen) atoms. The molecule has 1 aromatic heterocycles. The summed E-state index contributed by atoms with van der Waals surface area (Å²) in [6.45, 7) is 4.16. The molecule has 0 saturated carbocycles. The first-order valence-corrected chi connectivity index (χ1v) is 9.05. The second kappa shape index (κ2) is 7.82. The molecule has 6 nitrogen and oxygen atoms in total. The van der Waals surface area contributed by atoms with Crippen LogP contribution in [0.25, 0.3) is 5.69 Å². The average molecular weight is 365 g/mol. The molecular weight excluding hydrogens is 342 g/mol. The number of ether oxygens (including phenoxy) is 2. The zero-order valence-corrected chi connectivity index (χ0v) is 15.3. The first kappa shape index (κ1) is 17.6. The van der Waals surface area contributed by atoms with Crippen LogP contribution in [0.15, 0.2) is 60.9 Å². The summed E-state index contributed by atoms with van der Waals surface area (Å²) in [7, 11) is 0. The fourth-order valence-corrected chi connectivity index (χ4v) is 3.29. The molecule has 140 valence electrons. The van der Waals surface area contributed by atoms with Gasteiger partial charge in [0.2, 0.25) is 6.79 Å². The van der Waals surface area contributed by atoms with Gasteiger partial charge in [0.15, 0.2) is 11.5 Å². The third-order valence-corrected chi connectivity index (χ3v) is 4.48. The summed E-state index contributed by atoms with van der Waals surface area (Å²) in [6, 6.07) is 16.2. The molecule has 2 aromatic carbocycles. The lowest BCUT2D eigenvalue weighted by Crippen LogP contribution is -2.30. The Labute approximate surface area is 158 Å². The van der Waals surface area contributed by atoms with E-state index in [9.17, 15) is 5.11 Å². The summed E-state index contributed by atoms with van der Waals surface area (Å²) in [5, 5.41) is 14.2. The molecule has 0 saturated heterocycles. The van der Waals surface area contributed by atoms with E-state index in [4.69, 9.17) is 9.47 Å². The topological polar surface area (TPSA) is 59.8 Å². The van der Waals surface area contributed by atoms with Crippen molar-refractivity contribution in [2.24, 2.45) is 0 Å². The maximum Gasteiger partial charge on any atom is 0.231 e. The van der Waals surface area contributed by atoms with Crippen LogP contribution in [0.3, 0.4) is 0 Å². The van der Waals surface area contributed by atoms with E-state index in [0.717, 1.165) is 35.8 Å². The molecule has 1 unspecified atom stereocenters. The van der Waals surface area contributed by atoms with Gasteiger partial charge in [-0.2, -0.15) is 5.10 Å². The van der Waals surface area contributed by atoms with Crippen LogP contribution in [0, 0.1) is 0 Å². The van der Waals surface area contributed by atoms with Gasteiger partial charge in [0.25, 0.3) is 0 Å². The van der Waals surface area contributed by atoms with Gasteiger partial charge >= 0.3 is 0 Å². The summed E-state index contributed by atoms with van der Waals surface area (Å²) in [5.41, 5.74) is 3.35. The van der Waals surface area contributed by atoms with Crippen LogP contribution in [0.4, 0.5) is 0 Å². The van der Waals surface area contributed by atoms with E-state index in [1.54, 1.807) is 6.20 Å². The molecule has 1 N–H and O–H groups in total. The highest BCUT2D eigenvalue weighted by Crippen LogP contribution is 2.33. The second-order valence-electron chi connectivity index (χ2n) is 6.82. The van der Waals surface area contributed by atoms with E-state index >= 15 is 0 Å². The van der Waals surface area contributed by atoms with E-state index < -0.39 is 6.10 Å². The predicted octanol–water partition coefficient (Wildman–Crippen LogP) is 2.98. The minimum Gasteiger partial charge on any atom is -0.454 e. The van der Waals surface area contributed by atoms with Crippen LogP contribution >= 0.6 is 0 Å². The van der Waals surface area contributed by atoms with E-state index in [1.807, 2.05) is 42.1 Å². The first-order chi connectivity index (χ1) is 13.2. The molecule has 3 aromatic rings. The lowest BCUT2D eigenvalue weighted by molar-refractivity contribution is 0.118. The smallest absolute Gasteiger partial charge is 0.231 e. The van der Waals surface area contributed by atoms with Gasteiger partial charge in [0.1, 0.15) is 0 Å². The third-order valence-electron chi connectivity index (χ3n) is 4.48. The van der Waals surface area contributed by atoms with Crippen molar-refractivity contribution in [3.63, 3.8) is 0 Å². The normalized spacial score (nSPS) is 13.9. The Morgan fingerprint density at radius 2 is 1.81 bits per heavy atom. The zero-order chi connectivity index (χ0) is 18.6. The number of benzene rings is 2. The summed E-state index contributed by atoms with van der Waals surface area (Å²) >= 11 is 0. The van der Waals surface area contributed by atoms with E-state index in [0.29, 0.717) is 6.54 Å². The minimum absolute atomic E-state index is 0.277. The Kier molecular flexibility index (Phi) is 5.09. The van der Waals surface area contributed by atoms with Crippen LogP contribution in [0.5, 0.6) is 11.5 Å². The van der Waals surface area contributed by atoms with Crippen molar-refractivity contribution >= 4 is 0 Å². The summed E-state index contributed by atoms with van der Waals surface area (Å²) < 4.78 is 12.7. The maximum absolute atomic E-state index is 9.90. The minimum atomic E-state index is -0.401. The molecule has 6 heteroatoms. The molecule has 0 bridgehead atoms. The van der Waals surface area contributed by atoms with Crippen molar-refractivity contribution in [3.8, 4) is 17.2 Å². The Bertz CT molecular complexity index is 876. The van der Waals surface area contributed by atoms with Crippen LogP contribution in [-0.4, -0.2) is 39.2 Å². The number of aliphatic hydroxyl groups is 1. The van der Waals surface area contributed by atoms with Gasteiger partial charge in [-0.3, -0.25) is 4.90 Å². The lowest BCUT2D eigenvalue weighted by atomic mass is 10.1. The van der Waals surface area contributed by atoms with Gasteiger partial charge in [-0.15, -0.1) is 0 Å². The Balaban J connectivity index is 1.47. The third kappa shape index (κ3) is 4.30. The Morgan fingerprint density at radius 3 is 2.56 bits per heavy atom. The second-order valence-corrected chi connectivity index (χ2v) is 6.82. The first-order valence-electron chi connectivity index (χ1n) is 9.05. The van der Waals surface area contributed by atoms with Gasteiger partial charge in [0.05, 0.1) is 11.8 Å². The van der Waals surface area contributed by atoms with Crippen LogP contribution in [0.1, 0.15) is 18.1 Å². The molecule has 0 radical (unpaired) electrons. The fraction of sp³-hybridized carbons (Fsp3) is 0.286. The van der Waals surface area contributed by atoms with Crippen molar-refractivity contribution in [2.75, 3.05) is 13.3 Å². The van der Waals surface area contributed by atoms with Gasteiger partial charge in [-0.05, 0) is 48.4 Å². The quantitative estimate of drug-likeness (QED) is 0.698. The highest BCUT2D eigenvalue weighted by molar-refractivity contribution is 5.44. The molecule has 1 aliphatic rings. The number of rotatable bonds is 7. The molecule has 2 heterocycles. The van der Waals surface area contributed by atoms with Crippen LogP contribution < -0.4 is 9.47 Å². The van der Waals surface area contributed by atoms with Gasteiger partial charge in [-0.1, -0.05) is 18.2 Å². The highest BCUT2D eigenvalue weighted by Gasteiger charge is 2.16. The SMILES string of the molecule is CC(O)CN(Cc1ccc(-n2cccn2)cc1)Cc1ccc2c(c1)OCO2.